The van der Waals surface area contributed by atoms with Crippen LogP contribution in [0.2, 0.25) is 0 Å². The molecule has 1 aromatic rings. The molecule has 0 aromatic heterocycles. The minimum atomic E-state index is 0.0981. The second kappa shape index (κ2) is 4.25. The first-order valence-electron chi connectivity index (χ1n) is 6.56. The summed E-state index contributed by atoms with van der Waals surface area (Å²) in [6, 6.07) is 7.96. The average Bonchev–Trinajstić information content (AvgIpc) is 2.95. The van der Waals surface area contributed by atoms with E-state index in [0.29, 0.717) is 12.5 Å². The maximum Gasteiger partial charge on any atom is 0.259 e. The molecule has 1 aromatic carbocycles. The molecule has 2 unspecified atom stereocenters. The van der Waals surface area contributed by atoms with Gasteiger partial charge in [0, 0.05) is 22.9 Å². The van der Waals surface area contributed by atoms with Crippen molar-refractivity contribution in [3.05, 3.63) is 42.0 Å². The van der Waals surface area contributed by atoms with Crippen molar-refractivity contribution in [3.63, 3.8) is 0 Å². The van der Waals surface area contributed by atoms with Crippen LogP contribution in [0.3, 0.4) is 0 Å². The molecule has 2 atom stereocenters. The zero-order chi connectivity index (χ0) is 12.7. The van der Waals surface area contributed by atoms with Crippen molar-refractivity contribution in [2.24, 2.45) is 11.7 Å². The van der Waals surface area contributed by atoms with Gasteiger partial charge in [-0.2, -0.15) is 0 Å². The second-order valence-corrected chi connectivity index (χ2v) is 5.16. The first-order chi connectivity index (χ1) is 8.74. The van der Waals surface area contributed by atoms with Gasteiger partial charge < -0.3 is 10.6 Å². The summed E-state index contributed by atoms with van der Waals surface area (Å²) in [5.41, 5.74) is 8.43. The van der Waals surface area contributed by atoms with E-state index in [1.165, 1.54) is 0 Å². The fourth-order valence-electron chi connectivity index (χ4n) is 3.29. The lowest BCUT2D eigenvalue weighted by Crippen LogP contribution is -2.39. The van der Waals surface area contributed by atoms with E-state index in [1.807, 2.05) is 29.2 Å². The number of amides is 1. The molecule has 3 nitrogen and oxygen atoms in total. The summed E-state index contributed by atoms with van der Waals surface area (Å²) >= 11 is 0. The van der Waals surface area contributed by atoms with Crippen molar-refractivity contribution >= 4 is 11.6 Å². The van der Waals surface area contributed by atoms with Crippen LogP contribution in [0.1, 0.15) is 35.2 Å². The molecule has 18 heavy (non-hydrogen) atoms. The van der Waals surface area contributed by atoms with Crippen LogP contribution in [-0.2, 0) is 0 Å². The quantitative estimate of drug-likeness (QED) is 0.864. The van der Waals surface area contributed by atoms with Gasteiger partial charge in [0.2, 0.25) is 0 Å². The van der Waals surface area contributed by atoms with E-state index in [-0.39, 0.29) is 11.9 Å². The van der Waals surface area contributed by atoms with Crippen LogP contribution in [0, 0.1) is 5.92 Å². The molecule has 1 aliphatic carbocycles. The number of rotatable bonds is 2. The lowest BCUT2D eigenvalue weighted by Gasteiger charge is -2.29. The fraction of sp³-hybridized carbons (Fsp3) is 0.400. The highest BCUT2D eigenvalue weighted by Crippen LogP contribution is 2.39. The Kier molecular flexibility index (Phi) is 2.71. The number of nitrogens with zero attached hydrogens (tertiary/aromatic N) is 1. The Morgan fingerprint density at radius 1 is 1.28 bits per heavy atom. The number of hydrogen-bond acceptors (Lipinski definition) is 2. The molecule has 94 valence electrons. The number of fused-ring (bicyclic) bond motifs is 1. The topological polar surface area (TPSA) is 46.3 Å². The van der Waals surface area contributed by atoms with E-state index in [0.717, 1.165) is 36.1 Å². The van der Waals surface area contributed by atoms with Crippen LogP contribution in [0.5, 0.6) is 0 Å². The summed E-state index contributed by atoms with van der Waals surface area (Å²) in [6.45, 7) is 4.76. The van der Waals surface area contributed by atoms with E-state index in [2.05, 4.69) is 6.58 Å². The van der Waals surface area contributed by atoms with Crippen LogP contribution < -0.4 is 5.73 Å². The molecule has 1 heterocycles. The minimum absolute atomic E-state index is 0.0981. The van der Waals surface area contributed by atoms with Crippen molar-refractivity contribution < 1.29 is 4.79 Å². The van der Waals surface area contributed by atoms with E-state index in [9.17, 15) is 4.79 Å². The van der Waals surface area contributed by atoms with E-state index < -0.39 is 0 Å². The minimum Gasteiger partial charge on any atom is -0.330 e. The lowest BCUT2D eigenvalue weighted by molar-refractivity contribution is 0.0780. The van der Waals surface area contributed by atoms with Gasteiger partial charge in [0.25, 0.3) is 5.91 Å². The van der Waals surface area contributed by atoms with Gasteiger partial charge >= 0.3 is 0 Å². The predicted molar refractivity (Wildman–Crippen MR) is 71.8 cm³/mol. The molecule has 3 rings (SSSR count). The Morgan fingerprint density at radius 2 is 2.00 bits per heavy atom. The molecule has 0 radical (unpaired) electrons. The van der Waals surface area contributed by atoms with Crippen LogP contribution in [0.15, 0.2) is 30.8 Å². The third-order valence-electron chi connectivity index (χ3n) is 4.23. The van der Waals surface area contributed by atoms with E-state index in [1.54, 1.807) is 0 Å². The largest absolute Gasteiger partial charge is 0.330 e. The van der Waals surface area contributed by atoms with Crippen LogP contribution >= 0.6 is 0 Å². The Morgan fingerprint density at radius 3 is 2.67 bits per heavy atom. The molecule has 2 N–H and O–H groups in total. The Labute approximate surface area is 107 Å². The van der Waals surface area contributed by atoms with Gasteiger partial charge in [0.1, 0.15) is 0 Å². The summed E-state index contributed by atoms with van der Waals surface area (Å²) in [4.78, 5) is 14.4. The van der Waals surface area contributed by atoms with Gasteiger partial charge in [-0.05, 0) is 31.4 Å². The molecule has 0 bridgehead atoms. The SMILES string of the molecule is C=C1c2ccccc2C(=O)N1C1CCCC1CN. The summed E-state index contributed by atoms with van der Waals surface area (Å²) in [7, 11) is 0. The molecular weight excluding hydrogens is 224 g/mol. The average molecular weight is 242 g/mol. The van der Waals surface area contributed by atoms with Crippen LogP contribution in [0.25, 0.3) is 5.70 Å². The monoisotopic (exact) mass is 242 g/mol. The van der Waals surface area contributed by atoms with Gasteiger partial charge in [0.05, 0.1) is 0 Å². The molecule has 1 fully saturated rings. The highest BCUT2D eigenvalue weighted by atomic mass is 16.2. The number of hydrogen-bond donors (Lipinski definition) is 1. The zero-order valence-electron chi connectivity index (χ0n) is 10.4. The first kappa shape index (κ1) is 11.5. The fourth-order valence-corrected chi connectivity index (χ4v) is 3.29. The smallest absolute Gasteiger partial charge is 0.259 e. The van der Waals surface area contributed by atoms with Gasteiger partial charge in [0.15, 0.2) is 0 Å². The molecule has 1 aliphatic heterocycles. The summed E-state index contributed by atoms with van der Waals surface area (Å²) in [6.07, 6.45) is 3.31. The highest BCUT2D eigenvalue weighted by Gasteiger charge is 2.40. The molecular formula is C15H18N2O. The first-order valence-corrected chi connectivity index (χ1v) is 6.56. The molecule has 1 saturated carbocycles. The van der Waals surface area contributed by atoms with Crippen molar-refractivity contribution in [2.75, 3.05) is 6.54 Å². The van der Waals surface area contributed by atoms with Crippen molar-refractivity contribution in [2.45, 2.75) is 25.3 Å². The summed E-state index contributed by atoms with van der Waals surface area (Å²) < 4.78 is 0. The maximum absolute atomic E-state index is 12.5. The summed E-state index contributed by atoms with van der Waals surface area (Å²) in [5, 5.41) is 0. The molecule has 1 amide bonds. The van der Waals surface area contributed by atoms with Crippen molar-refractivity contribution in [1.29, 1.82) is 0 Å². The number of carbonyl (C=O) groups excluding carboxylic acids is 1. The summed E-state index contributed by atoms with van der Waals surface area (Å²) in [5.74, 6) is 0.515. The zero-order valence-corrected chi connectivity index (χ0v) is 10.4. The Balaban J connectivity index is 1.97. The van der Waals surface area contributed by atoms with Gasteiger partial charge in [-0.1, -0.05) is 31.2 Å². The lowest BCUT2D eigenvalue weighted by atomic mass is 10.0. The Hall–Kier alpha value is -1.61. The second-order valence-electron chi connectivity index (χ2n) is 5.16. The standard InChI is InChI=1S/C15H18N2O/c1-10-12-6-2-3-7-13(12)15(18)17(10)14-8-4-5-11(14)9-16/h2-3,6-7,11,14H,1,4-5,8-9,16H2. The van der Waals surface area contributed by atoms with E-state index >= 15 is 0 Å². The number of nitrogens with two attached hydrogens (primary N) is 1. The molecule has 2 aliphatic rings. The van der Waals surface area contributed by atoms with Gasteiger partial charge in [-0.25, -0.2) is 0 Å². The Bertz CT molecular complexity index is 474. The normalized spacial score (nSPS) is 26.8. The number of carbonyl (C=O) groups is 1. The van der Waals surface area contributed by atoms with Gasteiger partial charge in [-0.3, -0.25) is 4.79 Å². The maximum atomic E-state index is 12.5. The molecule has 0 spiro atoms. The highest BCUT2D eigenvalue weighted by molar-refractivity contribution is 6.09. The third-order valence-corrected chi connectivity index (χ3v) is 4.23. The number of benzene rings is 1. The van der Waals surface area contributed by atoms with Gasteiger partial charge in [-0.15, -0.1) is 0 Å². The van der Waals surface area contributed by atoms with E-state index in [4.69, 9.17) is 5.73 Å². The predicted octanol–water partition coefficient (Wildman–Crippen LogP) is 2.24. The van der Waals surface area contributed by atoms with Crippen LogP contribution in [-0.4, -0.2) is 23.4 Å². The van der Waals surface area contributed by atoms with Crippen molar-refractivity contribution in [3.8, 4) is 0 Å². The third kappa shape index (κ3) is 1.51. The molecule has 0 saturated heterocycles. The van der Waals surface area contributed by atoms with Crippen molar-refractivity contribution in [1.82, 2.24) is 4.90 Å². The van der Waals surface area contributed by atoms with Crippen LogP contribution in [0.4, 0.5) is 0 Å². The molecule has 3 heteroatoms.